The summed E-state index contributed by atoms with van der Waals surface area (Å²) < 4.78 is 5.97. The Balaban J connectivity index is 2.39. The van der Waals surface area contributed by atoms with Crippen molar-refractivity contribution in [2.45, 2.75) is 70.8 Å². The molecular formula is C14H29N3O3Si. The third kappa shape index (κ3) is 4.79. The van der Waals surface area contributed by atoms with Crippen LogP contribution in [0.5, 0.6) is 0 Å². The van der Waals surface area contributed by atoms with Crippen LogP contribution in [0.15, 0.2) is 0 Å². The lowest BCUT2D eigenvalue weighted by atomic mass is 9.80. The largest absolute Gasteiger partial charge is 0.405 e. The molecule has 0 aromatic carbocycles. The number of carbonyl (C=O) groups is 2. The van der Waals surface area contributed by atoms with Gasteiger partial charge in [0.05, 0.1) is 0 Å². The zero-order chi connectivity index (χ0) is 16.4. The van der Waals surface area contributed by atoms with Crippen molar-refractivity contribution in [3.8, 4) is 0 Å². The lowest BCUT2D eigenvalue weighted by molar-refractivity contribution is -0.136. The molecule has 0 heterocycles. The summed E-state index contributed by atoms with van der Waals surface area (Å²) in [5, 5.41) is 0.0346. The fraction of sp³-hybridized carbons (Fsp3) is 0.857. The summed E-state index contributed by atoms with van der Waals surface area (Å²) in [5.74, 6) is -0.585. The molecule has 2 amide bonds. The van der Waals surface area contributed by atoms with Crippen LogP contribution in [0, 0.1) is 5.92 Å². The maximum atomic E-state index is 12.0. The zero-order valence-electron chi connectivity index (χ0n) is 13.9. The van der Waals surface area contributed by atoms with E-state index in [9.17, 15) is 9.59 Å². The molecule has 1 aliphatic carbocycles. The van der Waals surface area contributed by atoms with Gasteiger partial charge < -0.3 is 10.2 Å². The van der Waals surface area contributed by atoms with E-state index in [2.05, 4.69) is 44.7 Å². The molecule has 0 aromatic heterocycles. The van der Waals surface area contributed by atoms with Gasteiger partial charge in [-0.2, -0.15) is 0 Å². The van der Waals surface area contributed by atoms with Crippen LogP contribution in [0.4, 0.5) is 0 Å². The molecule has 6 nitrogen and oxygen atoms in total. The van der Waals surface area contributed by atoms with Crippen LogP contribution >= 0.6 is 0 Å². The lowest BCUT2D eigenvalue weighted by Gasteiger charge is -2.38. The molecule has 1 fully saturated rings. The van der Waals surface area contributed by atoms with E-state index in [1.165, 1.54) is 0 Å². The van der Waals surface area contributed by atoms with Crippen LogP contribution < -0.4 is 16.6 Å². The summed E-state index contributed by atoms with van der Waals surface area (Å²) in [4.78, 5) is 23.7. The van der Waals surface area contributed by atoms with Crippen molar-refractivity contribution in [3.05, 3.63) is 0 Å². The number of nitrogens with one attached hydrogen (secondary N) is 2. The van der Waals surface area contributed by atoms with Gasteiger partial charge >= 0.3 is 0 Å². The summed E-state index contributed by atoms with van der Waals surface area (Å²) >= 11 is 0. The molecule has 0 aromatic rings. The third-order valence-electron chi connectivity index (χ3n) is 4.50. The van der Waals surface area contributed by atoms with Gasteiger partial charge in [0.15, 0.2) is 8.32 Å². The molecule has 122 valence electrons. The van der Waals surface area contributed by atoms with E-state index in [-0.39, 0.29) is 28.8 Å². The molecule has 21 heavy (non-hydrogen) atoms. The molecule has 1 saturated carbocycles. The normalized spacial score (nSPS) is 24.0. The Bertz CT molecular complexity index is 401. The molecule has 4 N–H and O–H groups in total. The van der Waals surface area contributed by atoms with Crippen molar-refractivity contribution in [1.82, 2.24) is 10.9 Å². The average molecular weight is 315 g/mol. The standard InChI is InChI=1S/C14H29N3O3Si/c1-9(20-21(5,6)14(2,3)4)12(18)16-17-13(19)10-7-11(15)8-10/h9-11H,7-8,15H2,1-6H3,(H,16,18)(H,17,19)/t9-,10?,11?/m1/s1. The highest BCUT2D eigenvalue weighted by molar-refractivity contribution is 6.74. The Hall–Kier alpha value is -0.923. The number of rotatable bonds is 4. The third-order valence-corrected chi connectivity index (χ3v) is 9.06. The first-order valence-electron chi connectivity index (χ1n) is 7.47. The number of nitrogens with two attached hydrogens (primary N) is 1. The van der Waals surface area contributed by atoms with Crippen molar-refractivity contribution >= 4 is 20.1 Å². The predicted molar refractivity (Wildman–Crippen MR) is 84.7 cm³/mol. The molecular weight excluding hydrogens is 286 g/mol. The smallest absolute Gasteiger partial charge is 0.265 e. The van der Waals surface area contributed by atoms with Gasteiger partial charge in [0.2, 0.25) is 5.91 Å². The highest BCUT2D eigenvalue weighted by Crippen LogP contribution is 2.37. The van der Waals surface area contributed by atoms with Gasteiger partial charge in [0, 0.05) is 12.0 Å². The van der Waals surface area contributed by atoms with Crippen LogP contribution in [0.3, 0.4) is 0 Å². The van der Waals surface area contributed by atoms with Crippen LogP contribution in [0.1, 0.15) is 40.5 Å². The van der Waals surface area contributed by atoms with E-state index in [0.717, 1.165) is 0 Å². The van der Waals surface area contributed by atoms with E-state index in [4.69, 9.17) is 10.2 Å². The Morgan fingerprint density at radius 1 is 1.24 bits per heavy atom. The average Bonchev–Trinajstić information content (AvgIpc) is 2.29. The lowest BCUT2D eigenvalue weighted by Crippen LogP contribution is -2.54. The first kappa shape index (κ1) is 18.1. The number of carbonyl (C=O) groups excluding carboxylic acids is 2. The van der Waals surface area contributed by atoms with Crippen LogP contribution in [-0.4, -0.2) is 32.3 Å². The van der Waals surface area contributed by atoms with Gasteiger partial charge in [-0.25, -0.2) is 0 Å². The van der Waals surface area contributed by atoms with Crippen molar-refractivity contribution in [2.24, 2.45) is 11.7 Å². The Labute approximate surface area is 128 Å². The number of hydrogen-bond acceptors (Lipinski definition) is 4. The fourth-order valence-corrected chi connectivity index (χ4v) is 3.22. The zero-order valence-corrected chi connectivity index (χ0v) is 14.9. The SMILES string of the molecule is C[C@@H](O[Si](C)(C)C(C)(C)C)C(=O)NNC(=O)C1CC(N)C1. The van der Waals surface area contributed by atoms with Crippen molar-refractivity contribution in [3.63, 3.8) is 0 Å². The van der Waals surface area contributed by atoms with Gasteiger partial charge in [-0.05, 0) is 37.9 Å². The fourth-order valence-electron chi connectivity index (χ4n) is 1.88. The molecule has 0 radical (unpaired) electrons. The van der Waals surface area contributed by atoms with Crippen LogP contribution in [0.25, 0.3) is 0 Å². The minimum Gasteiger partial charge on any atom is -0.405 e. The molecule has 1 aliphatic rings. The van der Waals surface area contributed by atoms with E-state index in [1.807, 2.05) is 0 Å². The minimum absolute atomic E-state index is 0.0346. The summed E-state index contributed by atoms with van der Waals surface area (Å²) in [6.07, 6.45) is 0.768. The summed E-state index contributed by atoms with van der Waals surface area (Å²) in [6.45, 7) is 12.2. The Morgan fingerprint density at radius 2 is 1.76 bits per heavy atom. The van der Waals surface area contributed by atoms with Crippen molar-refractivity contribution in [2.75, 3.05) is 0 Å². The molecule has 0 bridgehead atoms. The number of amides is 2. The Morgan fingerprint density at radius 3 is 2.19 bits per heavy atom. The first-order chi connectivity index (χ1) is 9.44. The molecule has 0 saturated heterocycles. The number of hydrazine groups is 1. The minimum atomic E-state index is -2.00. The molecule has 0 spiro atoms. The van der Waals surface area contributed by atoms with Crippen molar-refractivity contribution in [1.29, 1.82) is 0 Å². The van der Waals surface area contributed by atoms with Gasteiger partial charge in [-0.1, -0.05) is 20.8 Å². The molecule has 0 unspecified atom stereocenters. The van der Waals surface area contributed by atoms with Crippen LogP contribution in [0.2, 0.25) is 18.1 Å². The maximum Gasteiger partial charge on any atom is 0.265 e. The quantitative estimate of drug-likeness (QED) is 0.538. The van der Waals surface area contributed by atoms with Gasteiger partial charge in [0.25, 0.3) is 5.91 Å². The van der Waals surface area contributed by atoms with Gasteiger partial charge in [-0.15, -0.1) is 0 Å². The molecule has 7 heteroatoms. The van der Waals surface area contributed by atoms with E-state index in [1.54, 1.807) is 6.92 Å². The topological polar surface area (TPSA) is 93.5 Å². The predicted octanol–water partition coefficient (Wildman–Crippen LogP) is 1.28. The highest BCUT2D eigenvalue weighted by Gasteiger charge is 2.39. The van der Waals surface area contributed by atoms with Gasteiger partial charge in [0.1, 0.15) is 6.10 Å². The second kappa shape index (κ2) is 6.45. The summed E-state index contributed by atoms with van der Waals surface area (Å²) in [6, 6.07) is 0.109. The van der Waals surface area contributed by atoms with Crippen molar-refractivity contribution < 1.29 is 14.0 Å². The molecule has 1 rings (SSSR count). The maximum absolute atomic E-state index is 12.0. The van der Waals surface area contributed by atoms with Gasteiger partial charge in [-0.3, -0.25) is 20.4 Å². The molecule has 0 aliphatic heterocycles. The van der Waals surface area contributed by atoms with E-state index >= 15 is 0 Å². The second-order valence-electron chi connectivity index (χ2n) is 7.43. The molecule has 1 atom stereocenters. The first-order valence-corrected chi connectivity index (χ1v) is 10.4. The summed E-state index contributed by atoms with van der Waals surface area (Å²) in [5.41, 5.74) is 10.5. The summed E-state index contributed by atoms with van der Waals surface area (Å²) in [7, 11) is -2.00. The second-order valence-corrected chi connectivity index (χ2v) is 12.2. The monoisotopic (exact) mass is 315 g/mol. The van der Waals surface area contributed by atoms with Crippen LogP contribution in [-0.2, 0) is 14.0 Å². The highest BCUT2D eigenvalue weighted by atomic mass is 28.4. The van der Waals surface area contributed by atoms with E-state index in [0.29, 0.717) is 12.8 Å². The Kier molecular flexibility index (Phi) is 5.57. The number of hydrogen-bond donors (Lipinski definition) is 3. The van der Waals surface area contributed by atoms with E-state index < -0.39 is 14.4 Å².